The largest absolute Gasteiger partial charge is 0.480 e. The number of hydrogen-bond donors (Lipinski definition) is 7. The maximum Gasteiger partial charge on any atom is 0.326 e. The molecule has 0 unspecified atom stereocenters. The number of nitrogens with zero attached hydrogens (tertiary/aromatic N) is 1. The first kappa shape index (κ1) is 46.7. The lowest BCUT2D eigenvalue weighted by atomic mass is 9.72. The van der Waals surface area contributed by atoms with E-state index in [1.165, 1.54) is 19.3 Å². The van der Waals surface area contributed by atoms with Gasteiger partial charge in [-0.3, -0.25) is 14.6 Å². The van der Waals surface area contributed by atoms with E-state index in [9.17, 15) is 29.7 Å². The summed E-state index contributed by atoms with van der Waals surface area (Å²) in [4.78, 5) is 40.9. The SMILES string of the molecule is C=C1C[C@](OC)([C@H](O)C(=O)N[C@H]2OCO[C@H]3[C@@H]2O[C@H](C[C@@H](O)CCC/C=C/C=C\C=C\C(=O)N[C@@H](CCCN=C(N)N)C(=O)O)C(C)(C)[C@@H]3OC)O[C@H](C)[C@@H]1C. The fraction of sp³-hybridized carbons (Fsp3) is 0.692. The number of aliphatic imine (C=N–C) groups is 1. The Kier molecular flexibility index (Phi) is 18.1. The highest BCUT2D eigenvalue weighted by molar-refractivity contribution is 5.91. The Morgan fingerprint density at radius 1 is 1.05 bits per heavy atom. The summed E-state index contributed by atoms with van der Waals surface area (Å²) in [5.74, 6) is -4.14. The quantitative estimate of drug-likeness (QED) is 0.0231. The number of nitrogens with one attached hydrogen (secondary N) is 2. The van der Waals surface area contributed by atoms with E-state index in [-0.39, 0.29) is 50.6 Å². The van der Waals surface area contributed by atoms with Crippen molar-refractivity contribution in [1.29, 1.82) is 0 Å². The predicted molar refractivity (Wildman–Crippen MR) is 207 cm³/mol. The van der Waals surface area contributed by atoms with Crippen LogP contribution in [0.4, 0.5) is 0 Å². The van der Waals surface area contributed by atoms with Gasteiger partial charge < -0.3 is 65.8 Å². The summed E-state index contributed by atoms with van der Waals surface area (Å²) < 4.78 is 35.9. The van der Waals surface area contributed by atoms with Crippen molar-refractivity contribution >= 4 is 23.7 Å². The molecule has 11 atom stereocenters. The minimum absolute atomic E-state index is 0.0185. The van der Waals surface area contributed by atoms with Crippen LogP contribution in [0.1, 0.15) is 72.6 Å². The van der Waals surface area contributed by atoms with Gasteiger partial charge in [-0.2, -0.15) is 0 Å². The average Bonchev–Trinajstić information content (AvgIpc) is 3.14. The third-order valence-corrected chi connectivity index (χ3v) is 10.7. The Labute approximate surface area is 329 Å². The number of unbranched alkanes of at least 4 members (excludes halogenated alkanes) is 1. The molecule has 0 aromatic carbocycles. The molecule has 56 heavy (non-hydrogen) atoms. The Bertz CT molecular complexity index is 1450. The second-order valence-corrected chi connectivity index (χ2v) is 15.1. The number of rotatable bonds is 20. The number of carbonyl (C=O) groups is 3. The van der Waals surface area contributed by atoms with Crippen molar-refractivity contribution in [3.63, 3.8) is 0 Å². The molecule has 0 radical (unpaired) electrons. The molecule has 3 heterocycles. The van der Waals surface area contributed by atoms with Crippen LogP contribution >= 0.6 is 0 Å². The van der Waals surface area contributed by atoms with Crippen LogP contribution in [0.25, 0.3) is 0 Å². The maximum absolute atomic E-state index is 13.5. The van der Waals surface area contributed by atoms with Crippen molar-refractivity contribution in [2.75, 3.05) is 27.6 Å². The van der Waals surface area contributed by atoms with Gasteiger partial charge in [0.25, 0.3) is 5.91 Å². The number of guanidine groups is 1. The number of aliphatic hydroxyl groups excluding tert-OH is 2. The van der Waals surface area contributed by atoms with Gasteiger partial charge in [-0.05, 0) is 39.0 Å². The topological polar surface area (TPSA) is 256 Å². The van der Waals surface area contributed by atoms with Crippen molar-refractivity contribution in [3.8, 4) is 0 Å². The number of ether oxygens (including phenoxy) is 6. The first-order valence-corrected chi connectivity index (χ1v) is 19.0. The van der Waals surface area contributed by atoms with Crippen LogP contribution in [-0.4, -0.2) is 127 Å². The Morgan fingerprint density at radius 2 is 1.77 bits per heavy atom. The molecular weight excluding hydrogens is 730 g/mol. The van der Waals surface area contributed by atoms with E-state index in [1.807, 2.05) is 39.8 Å². The number of allylic oxidation sites excluding steroid dienone is 5. The predicted octanol–water partition coefficient (Wildman–Crippen LogP) is 1.53. The summed E-state index contributed by atoms with van der Waals surface area (Å²) in [6, 6.07) is -1.06. The molecule has 3 aliphatic heterocycles. The van der Waals surface area contributed by atoms with Crippen LogP contribution in [0.15, 0.2) is 53.6 Å². The minimum Gasteiger partial charge on any atom is -0.480 e. The highest BCUT2D eigenvalue weighted by Crippen LogP contribution is 2.44. The molecule has 0 aliphatic carbocycles. The fourth-order valence-electron chi connectivity index (χ4n) is 7.20. The van der Waals surface area contributed by atoms with E-state index in [1.54, 1.807) is 19.3 Å². The average molecular weight is 794 g/mol. The number of carboxylic acid groups (broad SMARTS) is 1. The zero-order valence-electron chi connectivity index (χ0n) is 33.4. The summed E-state index contributed by atoms with van der Waals surface area (Å²) in [6.45, 7) is 12.0. The molecule has 3 fully saturated rings. The van der Waals surface area contributed by atoms with Gasteiger partial charge in [0.1, 0.15) is 25.0 Å². The van der Waals surface area contributed by atoms with Crippen molar-refractivity contribution in [1.82, 2.24) is 10.6 Å². The van der Waals surface area contributed by atoms with Gasteiger partial charge in [-0.1, -0.05) is 63.3 Å². The molecular formula is C39H63N5O12. The molecule has 0 spiro atoms. The molecule has 0 aromatic rings. The summed E-state index contributed by atoms with van der Waals surface area (Å²) in [6.07, 6.45) is 6.58. The molecule has 316 valence electrons. The number of amides is 2. The molecule has 3 saturated heterocycles. The normalized spacial score (nSPS) is 30.8. The van der Waals surface area contributed by atoms with Crippen LogP contribution in [0.5, 0.6) is 0 Å². The molecule has 17 heteroatoms. The number of hydrogen-bond acceptors (Lipinski definition) is 12. The van der Waals surface area contributed by atoms with Crippen molar-refractivity contribution in [2.45, 2.75) is 133 Å². The summed E-state index contributed by atoms with van der Waals surface area (Å²) in [5.41, 5.74) is 10.7. The molecule has 0 aromatic heterocycles. The molecule has 2 amide bonds. The number of carbonyl (C=O) groups excluding carboxylic acids is 2. The first-order valence-electron chi connectivity index (χ1n) is 19.0. The van der Waals surface area contributed by atoms with Gasteiger partial charge in [0.2, 0.25) is 11.7 Å². The number of nitrogens with two attached hydrogens (primary N) is 2. The summed E-state index contributed by atoms with van der Waals surface area (Å²) in [7, 11) is 2.96. The minimum atomic E-state index is -1.70. The fourth-order valence-corrected chi connectivity index (χ4v) is 7.20. The smallest absolute Gasteiger partial charge is 0.326 e. The number of aliphatic hydroxyl groups is 2. The monoisotopic (exact) mass is 793 g/mol. The molecule has 0 bridgehead atoms. The van der Waals surface area contributed by atoms with Crippen LogP contribution in [-0.2, 0) is 42.8 Å². The van der Waals surface area contributed by atoms with E-state index < -0.39 is 77.9 Å². The van der Waals surface area contributed by atoms with Crippen LogP contribution in [0.2, 0.25) is 0 Å². The van der Waals surface area contributed by atoms with Crippen molar-refractivity contribution in [2.24, 2.45) is 27.8 Å². The van der Waals surface area contributed by atoms with Gasteiger partial charge in [-0.25, -0.2) is 4.79 Å². The third kappa shape index (κ3) is 12.7. The van der Waals surface area contributed by atoms with Crippen molar-refractivity contribution < 1.29 is 58.1 Å². The summed E-state index contributed by atoms with van der Waals surface area (Å²) in [5, 5.41) is 36.9. The van der Waals surface area contributed by atoms with E-state index in [0.717, 1.165) is 5.57 Å². The molecule has 9 N–H and O–H groups in total. The highest BCUT2D eigenvalue weighted by Gasteiger charge is 2.57. The zero-order valence-corrected chi connectivity index (χ0v) is 33.4. The van der Waals surface area contributed by atoms with Gasteiger partial charge in [0.15, 0.2) is 18.3 Å². The Hall–Kier alpha value is -3.68. The van der Waals surface area contributed by atoms with E-state index in [4.69, 9.17) is 39.9 Å². The lowest BCUT2D eigenvalue weighted by Gasteiger charge is -2.54. The van der Waals surface area contributed by atoms with Crippen molar-refractivity contribution in [3.05, 3.63) is 48.6 Å². The zero-order chi connectivity index (χ0) is 41.6. The van der Waals surface area contributed by atoms with Crippen LogP contribution < -0.4 is 22.1 Å². The lowest BCUT2D eigenvalue weighted by Crippen LogP contribution is -2.69. The second kappa shape index (κ2) is 21.7. The highest BCUT2D eigenvalue weighted by atomic mass is 16.7. The molecule has 3 aliphatic rings. The number of methoxy groups -OCH3 is 2. The van der Waals surface area contributed by atoms with Gasteiger partial charge in [-0.15, -0.1) is 0 Å². The van der Waals surface area contributed by atoms with E-state index >= 15 is 0 Å². The molecule has 0 saturated carbocycles. The summed E-state index contributed by atoms with van der Waals surface area (Å²) >= 11 is 0. The van der Waals surface area contributed by atoms with Gasteiger partial charge >= 0.3 is 5.97 Å². The maximum atomic E-state index is 13.5. The first-order chi connectivity index (χ1) is 26.5. The number of aliphatic carboxylic acids is 1. The molecule has 3 rings (SSSR count). The van der Waals surface area contributed by atoms with E-state index in [0.29, 0.717) is 25.7 Å². The lowest BCUT2D eigenvalue weighted by molar-refractivity contribution is -0.332. The van der Waals surface area contributed by atoms with E-state index in [2.05, 4.69) is 22.2 Å². The Balaban J connectivity index is 1.51. The standard InChI is InChI=1S/C39H63N5O12/c1-23-21-39(52-7,56-25(3)24(23)2)32(47)34(48)44-35-31-30(53-22-54-35)33(51-6)38(4,5)28(55-31)20-26(45)16-13-11-9-8-10-12-14-18-29(46)43-27(36(49)50)17-15-19-42-37(40)41/h8-10,12,14,18,24-28,30-33,35,45,47H,1,11,13,15-17,19-22H2,2-7H3,(H,43,46)(H,44,48)(H,49,50)(H4,40,41,42)/b9-8+,12-10-,18-14+/t24-,25-,26+,27+,28-,30+,31+,32-,33-,35+,39-/m1/s1. The van der Waals surface area contributed by atoms with Crippen LogP contribution in [0, 0.1) is 11.3 Å². The third-order valence-electron chi connectivity index (χ3n) is 10.7. The van der Waals surface area contributed by atoms with Gasteiger partial charge in [0.05, 0.1) is 24.4 Å². The number of carboxylic acids is 1. The Morgan fingerprint density at radius 3 is 2.41 bits per heavy atom. The second-order valence-electron chi connectivity index (χ2n) is 15.1. The van der Waals surface area contributed by atoms with Crippen LogP contribution in [0.3, 0.4) is 0 Å². The van der Waals surface area contributed by atoms with Gasteiger partial charge in [0, 0.05) is 51.0 Å². The number of fused-ring (bicyclic) bond motifs is 1. The molecule has 17 nitrogen and oxygen atoms in total.